The van der Waals surface area contributed by atoms with Gasteiger partial charge >= 0.3 is 0 Å². The van der Waals surface area contributed by atoms with Gasteiger partial charge in [0.05, 0.1) is 17.7 Å². The molecule has 1 aromatic heterocycles. The Morgan fingerprint density at radius 1 is 0.946 bits per heavy atom. The van der Waals surface area contributed by atoms with E-state index >= 15 is 0 Å². The van der Waals surface area contributed by atoms with E-state index in [1.54, 1.807) is 36.4 Å². The second kappa shape index (κ2) is 11.6. The van der Waals surface area contributed by atoms with Gasteiger partial charge in [-0.3, -0.25) is 4.79 Å². The fraction of sp³-hybridized carbons (Fsp3) is 0.143. The van der Waals surface area contributed by atoms with Gasteiger partial charge in [0, 0.05) is 17.1 Å². The Kier molecular flexibility index (Phi) is 8.23. The van der Waals surface area contributed by atoms with Gasteiger partial charge in [-0.1, -0.05) is 59.6 Å². The zero-order valence-electron chi connectivity index (χ0n) is 20.4. The smallest absolute Gasteiger partial charge is 0.271 e. The lowest BCUT2D eigenvalue weighted by Gasteiger charge is -2.21. The molecule has 0 aliphatic heterocycles. The van der Waals surface area contributed by atoms with Crippen molar-refractivity contribution in [3.8, 4) is 0 Å². The summed E-state index contributed by atoms with van der Waals surface area (Å²) in [6, 6.07) is 24.3. The molecule has 0 unspecified atom stereocenters. The van der Waals surface area contributed by atoms with Gasteiger partial charge < -0.3 is 4.42 Å². The van der Waals surface area contributed by atoms with Gasteiger partial charge in [0.2, 0.25) is 10.0 Å². The van der Waals surface area contributed by atoms with E-state index < -0.39 is 10.0 Å². The van der Waals surface area contributed by atoms with Crippen LogP contribution in [0.4, 0.5) is 0 Å². The van der Waals surface area contributed by atoms with E-state index in [9.17, 15) is 13.2 Å². The highest BCUT2D eigenvalue weighted by Crippen LogP contribution is 2.23. The first-order chi connectivity index (χ1) is 17.7. The van der Waals surface area contributed by atoms with Crippen LogP contribution >= 0.6 is 11.6 Å². The number of halogens is 1. The van der Waals surface area contributed by atoms with Gasteiger partial charge in [-0.2, -0.15) is 9.41 Å². The molecule has 0 aliphatic rings. The average Bonchev–Trinajstić information content (AvgIpc) is 3.32. The fourth-order valence-electron chi connectivity index (χ4n) is 3.64. The predicted octanol–water partition coefficient (Wildman–Crippen LogP) is 5.70. The van der Waals surface area contributed by atoms with Crippen molar-refractivity contribution in [2.24, 2.45) is 5.10 Å². The standard InChI is InChI=1S/C28H26ClN3O4S/c1-20-7-9-22(10-8-20)18-32(37(34,35)26-15-11-23(29)12-16-26)19-25-14-13-24(36-25)17-30-31-28(33)27-6-4-3-5-21(27)2/h3-17H,18-19H2,1-2H3,(H,31,33)/b30-17-. The lowest BCUT2D eigenvalue weighted by Crippen LogP contribution is -2.30. The maximum Gasteiger partial charge on any atom is 0.271 e. The van der Waals surface area contributed by atoms with Crippen LogP contribution in [0.15, 0.2) is 99.3 Å². The largest absolute Gasteiger partial charge is 0.459 e. The highest BCUT2D eigenvalue weighted by Gasteiger charge is 2.26. The number of hydrogen-bond acceptors (Lipinski definition) is 5. The third kappa shape index (κ3) is 6.74. The lowest BCUT2D eigenvalue weighted by molar-refractivity contribution is 0.0954. The van der Waals surface area contributed by atoms with Crippen LogP contribution in [0.2, 0.25) is 5.02 Å². The van der Waals surface area contributed by atoms with E-state index in [-0.39, 0.29) is 23.9 Å². The molecule has 9 heteroatoms. The number of rotatable bonds is 9. The Balaban J connectivity index is 1.51. The second-order valence-electron chi connectivity index (χ2n) is 8.53. The van der Waals surface area contributed by atoms with E-state index in [4.69, 9.17) is 16.0 Å². The van der Waals surface area contributed by atoms with Gasteiger partial charge in [0.15, 0.2) is 0 Å². The van der Waals surface area contributed by atoms with Crippen molar-refractivity contribution in [1.29, 1.82) is 0 Å². The van der Waals surface area contributed by atoms with Crippen molar-refractivity contribution in [2.45, 2.75) is 31.8 Å². The van der Waals surface area contributed by atoms with Gasteiger partial charge in [0.1, 0.15) is 11.5 Å². The molecule has 190 valence electrons. The molecule has 0 saturated heterocycles. The van der Waals surface area contributed by atoms with Crippen molar-refractivity contribution < 1.29 is 17.6 Å². The van der Waals surface area contributed by atoms with Crippen molar-refractivity contribution in [3.05, 3.63) is 124 Å². The van der Waals surface area contributed by atoms with Crippen molar-refractivity contribution >= 4 is 33.7 Å². The number of carbonyl (C=O) groups excluding carboxylic acids is 1. The lowest BCUT2D eigenvalue weighted by atomic mass is 10.1. The Labute approximate surface area is 221 Å². The number of amides is 1. The maximum absolute atomic E-state index is 13.5. The van der Waals surface area contributed by atoms with Crippen LogP contribution in [0.3, 0.4) is 0 Å². The molecule has 4 rings (SSSR count). The SMILES string of the molecule is Cc1ccc(CN(Cc2ccc(/C=N\NC(=O)c3ccccc3C)o2)S(=O)(=O)c2ccc(Cl)cc2)cc1. The Hall–Kier alpha value is -3.72. The number of hydrogen-bond donors (Lipinski definition) is 1. The fourth-order valence-corrected chi connectivity index (χ4v) is 5.16. The zero-order chi connectivity index (χ0) is 26.4. The maximum atomic E-state index is 13.5. The third-order valence-electron chi connectivity index (χ3n) is 5.69. The van der Waals surface area contributed by atoms with E-state index in [2.05, 4.69) is 10.5 Å². The molecule has 1 N–H and O–H groups in total. The number of furan rings is 1. The summed E-state index contributed by atoms with van der Waals surface area (Å²) in [6.07, 6.45) is 1.37. The second-order valence-corrected chi connectivity index (χ2v) is 10.9. The number of benzene rings is 3. The van der Waals surface area contributed by atoms with E-state index in [1.807, 2.05) is 50.2 Å². The van der Waals surface area contributed by atoms with E-state index in [0.29, 0.717) is 22.1 Å². The molecule has 0 radical (unpaired) electrons. The number of carbonyl (C=O) groups is 1. The third-order valence-corrected chi connectivity index (χ3v) is 7.75. The molecular weight excluding hydrogens is 510 g/mol. The Bertz CT molecular complexity index is 1510. The molecule has 1 amide bonds. The van der Waals surface area contributed by atoms with Gasteiger partial charge in [-0.05, 0) is 67.4 Å². The van der Waals surface area contributed by atoms with Crippen LogP contribution in [-0.2, 0) is 23.1 Å². The minimum absolute atomic E-state index is 0.00223. The first-order valence-corrected chi connectivity index (χ1v) is 13.3. The van der Waals surface area contributed by atoms with Gasteiger partial charge in [-0.15, -0.1) is 0 Å². The van der Waals surface area contributed by atoms with Crippen molar-refractivity contribution in [3.63, 3.8) is 0 Å². The van der Waals surface area contributed by atoms with E-state index in [1.165, 1.54) is 22.7 Å². The van der Waals surface area contributed by atoms with Crippen LogP contribution in [0.1, 0.15) is 38.6 Å². The quantitative estimate of drug-likeness (QED) is 0.220. The molecule has 0 bridgehead atoms. The molecule has 4 aromatic rings. The summed E-state index contributed by atoms with van der Waals surface area (Å²) in [5.74, 6) is 0.468. The summed E-state index contributed by atoms with van der Waals surface area (Å²) in [5, 5.41) is 4.42. The normalized spacial score (nSPS) is 11.8. The number of aryl methyl sites for hydroxylation is 2. The summed E-state index contributed by atoms with van der Waals surface area (Å²) in [5.41, 5.74) is 5.77. The van der Waals surface area contributed by atoms with Gasteiger partial charge in [-0.25, -0.2) is 13.8 Å². The van der Waals surface area contributed by atoms with Crippen molar-refractivity contribution in [1.82, 2.24) is 9.73 Å². The number of sulfonamides is 1. The first-order valence-electron chi connectivity index (χ1n) is 11.5. The number of hydrazone groups is 1. The highest BCUT2D eigenvalue weighted by molar-refractivity contribution is 7.89. The van der Waals surface area contributed by atoms with E-state index in [0.717, 1.165) is 16.7 Å². The predicted molar refractivity (Wildman–Crippen MR) is 144 cm³/mol. The summed E-state index contributed by atoms with van der Waals surface area (Å²) in [6.45, 7) is 3.98. The number of nitrogens with one attached hydrogen (secondary N) is 1. The molecule has 1 heterocycles. The summed E-state index contributed by atoms with van der Waals surface area (Å²) in [4.78, 5) is 12.5. The zero-order valence-corrected chi connectivity index (χ0v) is 22.0. The molecular formula is C28H26ClN3O4S. The van der Waals surface area contributed by atoms with Crippen molar-refractivity contribution in [2.75, 3.05) is 0 Å². The first kappa shape index (κ1) is 26.3. The van der Waals surface area contributed by atoms with Crippen LogP contribution in [-0.4, -0.2) is 24.8 Å². The minimum atomic E-state index is -3.85. The molecule has 7 nitrogen and oxygen atoms in total. The van der Waals surface area contributed by atoms with Crippen LogP contribution in [0.25, 0.3) is 0 Å². The van der Waals surface area contributed by atoms with Crippen LogP contribution in [0, 0.1) is 13.8 Å². The molecule has 0 saturated carbocycles. The molecule has 37 heavy (non-hydrogen) atoms. The summed E-state index contributed by atoms with van der Waals surface area (Å²) < 4.78 is 34.2. The van der Waals surface area contributed by atoms with Crippen LogP contribution < -0.4 is 5.43 Å². The topological polar surface area (TPSA) is 92.0 Å². The molecule has 0 spiro atoms. The summed E-state index contributed by atoms with van der Waals surface area (Å²) >= 11 is 5.96. The van der Waals surface area contributed by atoms with Crippen LogP contribution in [0.5, 0.6) is 0 Å². The Morgan fingerprint density at radius 2 is 1.65 bits per heavy atom. The monoisotopic (exact) mass is 535 g/mol. The minimum Gasteiger partial charge on any atom is -0.459 e. The molecule has 3 aromatic carbocycles. The number of nitrogens with zero attached hydrogens (tertiary/aromatic N) is 2. The molecule has 0 atom stereocenters. The highest BCUT2D eigenvalue weighted by atomic mass is 35.5. The average molecular weight is 536 g/mol. The summed E-state index contributed by atoms with van der Waals surface area (Å²) in [7, 11) is -3.85. The molecule has 0 aliphatic carbocycles. The Morgan fingerprint density at radius 3 is 2.35 bits per heavy atom. The van der Waals surface area contributed by atoms with Gasteiger partial charge in [0.25, 0.3) is 5.91 Å². The molecule has 0 fully saturated rings.